The third-order valence-corrected chi connectivity index (χ3v) is 3.69. The molecule has 2 heterocycles. The van der Waals surface area contributed by atoms with Crippen LogP contribution in [-0.2, 0) is 4.79 Å². The number of aromatic nitrogens is 3. The molecule has 110 valence electrons. The highest BCUT2D eigenvalue weighted by molar-refractivity contribution is 5.96. The number of nitrogens with zero attached hydrogens (tertiary/aromatic N) is 4. The first-order valence-electron chi connectivity index (χ1n) is 7.37. The molecule has 3 rings (SSSR count). The minimum Gasteiger partial charge on any atom is -0.306 e. The van der Waals surface area contributed by atoms with E-state index in [4.69, 9.17) is 0 Å². The molecule has 0 radical (unpaired) electrons. The largest absolute Gasteiger partial charge is 0.306 e. The summed E-state index contributed by atoms with van der Waals surface area (Å²) in [4.78, 5) is 18.5. The standard InChI is InChI=1S/C16H20N4O/c1-11(2)16(21)20(13-6-7-13)15-10-19(18-12(15)3)14-5-4-8-17-9-14/h4-5,8-11,13H,6-7H2,1-3H3. The number of amides is 1. The number of aryl methyl sites for hydroxylation is 1. The van der Waals surface area contributed by atoms with E-state index < -0.39 is 0 Å². The van der Waals surface area contributed by atoms with Gasteiger partial charge in [-0.1, -0.05) is 13.8 Å². The molecule has 0 aromatic carbocycles. The molecule has 0 spiro atoms. The van der Waals surface area contributed by atoms with E-state index in [0.717, 1.165) is 29.9 Å². The Balaban J connectivity index is 1.98. The van der Waals surface area contributed by atoms with Crippen molar-refractivity contribution in [2.45, 2.75) is 39.7 Å². The third-order valence-electron chi connectivity index (χ3n) is 3.69. The predicted molar refractivity (Wildman–Crippen MR) is 81.4 cm³/mol. The maximum absolute atomic E-state index is 12.5. The average Bonchev–Trinajstić information content (AvgIpc) is 3.24. The molecule has 2 aromatic heterocycles. The van der Waals surface area contributed by atoms with Gasteiger partial charge in [0.2, 0.25) is 5.91 Å². The van der Waals surface area contributed by atoms with E-state index in [9.17, 15) is 4.79 Å². The number of hydrogen-bond donors (Lipinski definition) is 0. The fraction of sp³-hybridized carbons (Fsp3) is 0.438. The topological polar surface area (TPSA) is 51.0 Å². The number of hydrogen-bond acceptors (Lipinski definition) is 3. The van der Waals surface area contributed by atoms with Crippen molar-refractivity contribution in [3.63, 3.8) is 0 Å². The molecule has 0 atom stereocenters. The van der Waals surface area contributed by atoms with Crippen LogP contribution in [0.5, 0.6) is 0 Å². The Morgan fingerprint density at radius 2 is 2.19 bits per heavy atom. The fourth-order valence-electron chi connectivity index (χ4n) is 2.42. The van der Waals surface area contributed by atoms with E-state index in [2.05, 4.69) is 10.1 Å². The quantitative estimate of drug-likeness (QED) is 0.867. The van der Waals surface area contributed by atoms with Crippen molar-refractivity contribution < 1.29 is 4.79 Å². The summed E-state index contributed by atoms with van der Waals surface area (Å²) in [6.07, 6.45) is 7.60. The van der Waals surface area contributed by atoms with Gasteiger partial charge in [0.05, 0.1) is 29.5 Å². The Hall–Kier alpha value is -2.17. The number of rotatable bonds is 4. The van der Waals surface area contributed by atoms with Gasteiger partial charge in [0.1, 0.15) is 0 Å². The number of carbonyl (C=O) groups excluding carboxylic acids is 1. The Kier molecular flexibility index (Phi) is 3.49. The second-order valence-corrected chi connectivity index (χ2v) is 5.85. The maximum Gasteiger partial charge on any atom is 0.229 e. The molecule has 5 nitrogen and oxygen atoms in total. The van der Waals surface area contributed by atoms with Gasteiger partial charge in [-0.25, -0.2) is 4.68 Å². The minimum atomic E-state index is -0.00765. The SMILES string of the molecule is Cc1nn(-c2cccnc2)cc1N(C(=O)C(C)C)C1CC1. The molecule has 5 heteroatoms. The highest BCUT2D eigenvalue weighted by atomic mass is 16.2. The van der Waals surface area contributed by atoms with Gasteiger partial charge in [-0.05, 0) is 31.9 Å². The van der Waals surface area contributed by atoms with Gasteiger partial charge in [0.15, 0.2) is 0 Å². The lowest BCUT2D eigenvalue weighted by Crippen LogP contribution is -2.36. The van der Waals surface area contributed by atoms with Crippen molar-refractivity contribution in [1.29, 1.82) is 0 Å². The van der Waals surface area contributed by atoms with Crippen molar-refractivity contribution in [3.05, 3.63) is 36.4 Å². The Morgan fingerprint density at radius 1 is 1.43 bits per heavy atom. The Morgan fingerprint density at radius 3 is 2.76 bits per heavy atom. The van der Waals surface area contributed by atoms with Gasteiger partial charge in [-0.15, -0.1) is 0 Å². The summed E-state index contributed by atoms with van der Waals surface area (Å²) < 4.78 is 1.79. The van der Waals surface area contributed by atoms with E-state index in [1.165, 1.54) is 0 Å². The lowest BCUT2D eigenvalue weighted by molar-refractivity contribution is -0.121. The second-order valence-electron chi connectivity index (χ2n) is 5.85. The van der Waals surface area contributed by atoms with Crippen LogP contribution in [0, 0.1) is 12.8 Å². The fourth-order valence-corrected chi connectivity index (χ4v) is 2.42. The minimum absolute atomic E-state index is 0.00765. The van der Waals surface area contributed by atoms with Crippen LogP contribution in [-0.4, -0.2) is 26.7 Å². The third kappa shape index (κ3) is 2.68. The zero-order valence-corrected chi connectivity index (χ0v) is 12.7. The van der Waals surface area contributed by atoms with Crippen LogP contribution in [0.3, 0.4) is 0 Å². The molecule has 1 saturated carbocycles. The van der Waals surface area contributed by atoms with Crippen molar-refractivity contribution in [2.75, 3.05) is 4.90 Å². The van der Waals surface area contributed by atoms with Crippen LogP contribution in [0.15, 0.2) is 30.7 Å². The van der Waals surface area contributed by atoms with Gasteiger partial charge >= 0.3 is 0 Å². The van der Waals surface area contributed by atoms with Gasteiger partial charge in [-0.3, -0.25) is 9.78 Å². The highest BCUT2D eigenvalue weighted by Crippen LogP contribution is 2.34. The molecular weight excluding hydrogens is 264 g/mol. The summed E-state index contributed by atoms with van der Waals surface area (Å²) in [5, 5.41) is 4.54. The van der Waals surface area contributed by atoms with E-state index in [1.807, 2.05) is 44.0 Å². The first-order chi connectivity index (χ1) is 10.1. The lowest BCUT2D eigenvalue weighted by atomic mass is 10.1. The van der Waals surface area contributed by atoms with E-state index in [0.29, 0.717) is 6.04 Å². The first kappa shape index (κ1) is 13.8. The molecule has 0 saturated heterocycles. The maximum atomic E-state index is 12.5. The molecule has 1 aliphatic rings. The smallest absolute Gasteiger partial charge is 0.229 e. The summed E-state index contributed by atoms with van der Waals surface area (Å²) in [6, 6.07) is 4.17. The second kappa shape index (κ2) is 5.31. The van der Waals surface area contributed by atoms with Crippen LogP contribution < -0.4 is 4.90 Å². The number of anilines is 1. The Labute approximate surface area is 124 Å². The molecule has 0 aliphatic heterocycles. The molecule has 0 bridgehead atoms. The van der Waals surface area contributed by atoms with E-state index >= 15 is 0 Å². The van der Waals surface area contributed by atoms with E-state index in [-0.39, 0.29) is 11.8 Å². The summed E-state index contributed by atoms with van der Waals surface area (Å²) >= 11 is 0. The first-order valence-corrected chi connectivity index (χ1v) is 7.37. The van der Waals surface area contributed by atoms with Crippen molar-refractivity contribution in [3.8, 4) is 5.69 Å². The molecule has 2 aromatic rings. The molecule has 1 fully saturated rings. The summed E-state index contributed by atoms with van der Waals surface area (Å²) in [5.74, 6) is 0.165. The summed E-state index contributed by atoms with van der Waals surface area (Å²) in [5.41, 5.74) is 2.69. The van der Waals surface area contributed by atoms with Gasteiger partial charge in [0.25, 0.3) is 0 Å². The zero-order chi connectivity index (χ0) is 15.0. The Bertz CT molecular complexity index is 644. The van der Waals surface area contributed by atoms with Gasteiger partial charge < -0.3 is 4.90 Å². The molecule has 0 unspecified atom stereocenters. The van der Waals surface area contributed by atoms with Gasteiger partial charge in [-0.2, -0.15) is 5.10 Å². The van der Waals surface area contributed by atoms with Crippen molar-refractivity contribution >= 4 is 11.6 Å². The van der Waals surface area contributed by atoms with Crippen molar-refractivity contribution in [1.82, 2.24) is 14.8 Å². The van der Waals surface area contributed by atoms with E-state index in [1.54, 1.807) is 17.1 Å². The predicted octanol–water partition coefficient (Wildman–Crippen LogP) is 2.73. The number of carbonyl (C=O) groups is 1. The van der Waals surface area contributed by atoms with Crippen LogP contribution in [0.2, 0.25) is 0 Å². The highest BCUT2D eigenvalue weighted by Gasteiger charge is 2.36. The average molecular weight is 284 g/mol. The van der Waals surface area contributed by atoms with Crippen LogP contribution in [0.25, 0.3) is 5.69 Å². The number of pyridine rings is 1. The summed E-state index contributed by atoms with van der Waals surface area (Å²) in [6.45, 7) is 5.84. The van der Waals surface area contributed by atoms with Crippen LogP contribution in [0.4, 0.5) is 5.69 Å². The normalized spacial score (nSPS) is 14.5. The van der Waals surface area contributed by atoms with Crippen LogP contribution in [0.1, 0.15) is 32.4 Å². The van der Waals surface area contributed by atoms with Gasteiger partial charge in [0, 0.05) is 18.2 Å². The molecular formula is C16H20N4O. The van der Waals surface area contributed by atoms with Crippen LogP contribution >= 0.6 is 0 Å². The lowest BCUT2D eigenvalue weighted by Gasteiger charge is -2.23. The monoisotopic (exact) mass is 284 g/mol. The molecule has 1 aliphatic carbocycles. The molecule has 21 heavy (non-hydrogen) atoms. The molecule has 0 N–H and O–H groups in total. The molecule has 1 amide bonds. The van der Waals surface area contributed by atoms with Crippen molar-refractivity contribution in [2.24, 2.45) is 5.92 Å². The summed E-state index contributed by atoms with van der Waals surface area (Å²) in [7, 11) is 0. The zero-order valence-electron chi connectivity index (χ0n) is 12.7.